The van der Waals surface area contributed by atoms with Crippen molar-refractivity contribution in [1.82, 2.24) is 5.32 Å². The van der Waals surface area contributed by atoms with Gasteiger partial charge in [-0.2, -0.15) is 0 Å². The number of thiocarbonyl (C=S) groups is 1. The first-order chi connectivity index (χ1) is 11.8. The van der Waals surface area contributed by atoms with E-state index in [2.05, 4.69) is 29.8 Å². The molecule has 1 aromatic carbocycles. The summed E-state index contributed by atoms with van der Waals surface area (Å²) in [5.41, 5.74) is 3.70. The Labute approximate surface area is 159 Å². The topological polar surface area (TPSA) is 41.5 Å². The zero-order valence-electron chi connectivity index (χ0n) is 15.2. The van der Waals surface area contributed by atoms with Crippen LogP contribution in [0.2, 0.25) is 0 Å². The van der Waals surface area contributed by atoms with E-state index < -0.39 is 0 Å². The fraction of sp³-hybridized carbons (Fsp3) is 0.450. The zero-order valence-corrected chi connectivity index (χ0v) is 16.9. The Balaban J connectivity index is 1.73. The minimum absolute atomic E-state index is 0.312. The van der Waals surface area contributed by atoms with Gasteiger partial charge in [-0.1, -0.05) is 18.3 Å². The molecule has 2 N–H and O–H groups in total. The lowest BCUT2D eigenvalue weighted by atomic mass is 9.85. The summed E-state index contributed by atoms with van der Waals surface area (Å²) in [6, 6.07) is 4.16. The molecule has 1 aliphatic rings. The van der Waals surface area contributed by atoms with Crippen molar-refractivity contribution < 1.29 is 9.84 Å². The minimum Gasteiger partial charge on any atom is -0.507 e. The summed E-state index contributed by atoms with van der Waals surface area (Å²) in [5, 5.41) is 15.7. The second-order valence-electron chi connectivity index (χ2n) is 7.12. The molecule has 2 aromatic rings. The highest BCUT2D eigenvalue weighted by molar-refractivity contribution is 7.80. The van der Waals surface area contributed by atoms with Gasteiger partial charge < -0.3 is 15.2 Å². The van der Waals surface area contributed by atoms with Crippen LogP contribution in [0.4, 0.5) is 0 Å². The number of thiophene rings is 1. The molecule has 1 atom stereocenters. The summed E-state index contributed by atoms with van der Waals surface area (Å²) in [6.45, 7) is 8.84. The molecule has 1 aliphatic heterocycles. The Morgan fingerprint density at radius 2 is 2.08 bits per heavy atom. The maximum absolute atomic E-state index is 10.3. The highest BCUT2D eigenvalue weighted by Gasteiger charge is 2.35. The lowest BCUT2D eigenvalue weighted by Gasteiger charge is -2.38. The maximum Gasteiger partial charge on any atom is 0.127 e. The largest absolute Gasteiger partial charge is 0.507 e. The van der Waals surface area contributed by atoms with Crippen molar-refractivity contribution in [2.75, 3.05) is 0 Å². The van der Waals surface area contributed by atoms with Crippen molar-refractivity contribution in [3.05, 3.63) is 44.6 Å². The molecule has 2 heterocycles. The first kappa shape index (κ1) is 18.2. The van der Waals surface area contributed by atoms with Gasteiger partial charge >= 0.3 is 0 Å². The third kappa shape index (κ3) is 3.67. The molecule has 5 heteroatoms. The predicted molar refractivity (Wildman–Crippen MR) is 108 cm³/mol. The molecule has 25 heavy (non-hydrogen) atoms. The second-order valence-corrected chi connectivity index (χ2v) is 8.64. The van der Waals surface area contributed by atoms with Crippen LogP contribution in [0.3, 0.4) is 0 Å². The number of hydrogen-bond donors (Lipinski definition) is 2. The van der Waals surface area contributed by atoms with Gasteiger partial charge in [0.1, 0.15) is 17.1 Å². The van der Waals surface area contributed by atoms with Gasteiger partial charge in [0.05, 0.1) is 4.99 Å². The van der Waals surface area contributed by atoms with Crippen LogP contribution >= 0.6 is 23.6 Å². The van der Waals surface area contributed by atoms with E-state index in [4.69, 9.17) is 17.0 Å². The monoisotopic (exact) mass is 375 g/mol. The van der Waals surface area contributed by atoms with Gasteiger partial charge in [-0.3, -0.25) is 0 Å². The van der Waals surface area contributed by atoms with Crippen molar-refractivity contribution in [3.63, 3.8) is 0 Å². The lowest BCUT2D eigenvalue weighted by molar-refractivity contribution is 0.0709. The fourth-order valence-electron chi connectivity index (χ4n) is 3.42. The number of phenolic OH excluding ortho intramolecular Hbond substituents is 1. The van der Waals surface area contributed by atoms with Crippen LogP contribution in [0.15, 0.2) is 17.5 Å². The van der Waals surface area contributed by atoms with Crippen LogP contribution in [0.5, 0.6) is 11.5 Å². The Bertz CT molecular complexity index is 799. The summed E-state index contributed by atoms with van der Waals surface area (Å²) in [5.74, 6) is 1.33. The molecule has 0 spiro atoms. The molecule has 1 unspecified atom stereocenters. The Kier molecular flexibility index (Phi) is 5.07. The van der Waals surface area contributed by atoms with Gasteiger partial charge in [0.2, 0.25) is 0 Å². The minimum atomic E-state index is -0.312. The molecule has 3 rings (SSSR count). The quantitative estimate of drug-likeness (QED) is 0.740. The number of rotatable bonds is 4. The number of fused-ring (bicyclic) bond motifs is 1. The summed E-state index contributed by atoms with van der Waals surface area (Å²) in [6.07, 6.45) is 2.50. The van der Waals surface area contributed by atoms with E-state index >= 15 is 0 Å². The summed E-state index contributed by atoms with van der Waals surface area (Å²) >= 11 is 7.29. The normalized spacial score (nSPS) is 19.2. The van der Waals surface area contributed by atoms with Gasteiger partial charge in [-0.05, 0) is 68.7 Å². The third-order valence-corrected chi connectivity index (χ3v) is 6.33. The molecular weight excluding hydrogens is 350 g/mol. The number of benzene rings is 1. The zero-order chi connectivity index (χ0) is 18.2. The van der Waals surface area contributed by atoms with Gasteiger partial charge in [0.25, 0.3) is 0 Å². The predicted octanol–water partition coefficient (Wildman–Crippen LogP) is 4.97. The van der Waals surface area contributed by atoms with Crippen LogP contribution in [-0.2, 0) is 13.0 Å². The van der Waals surface area contributed by atoms with Gasteiger partial charge in [0.15, 0.2) is 0 Å². The first-order valence-electron chi connectivity index (χ1n) is 8.60. The van der Waals surface area contributed by atoms with E-state index in [0.29, 0.717) is 12.2 Å². The van der Waals surface area contributed by atoms with Gasteiger partial charge in [-0.25, -0.2) is 0 Å². The number of hydrogen-bond acceptors (Lipinski definition) is 4. The SMILES string of the molecule is Cc1c(C)c2c(c(C)c1O)CCC(C)(CC(=S)NCc1cccs1)O2. The summed E-state index contributed by atoms with van der Waals surface area (Å²) in [7, 11) is 0. The Morgan fingerprint density at radius 3 is 2.76 bits per heavy atom. The number of ether oxygens (including phenoxy) is 1. The van der Waals surface area contributed by atoms with E-state index in [1.165, 1.54) is 4.88 Å². The van der Waals surface area contributed by atoms with Gasteiger partial charge in [0, 0.05) is 23.4 Å². The average molecular weight is 376 g/mol. The molecule has 0 saturated carbocycles. The molecular formula is C20H25NO2S2. The maximum atomic E-state index is 10.3. The van der Waals surface area contributed by atoms with Crippen molar-refractivity contribution in [3.8, 4) is 11.5 Å². The molecule has 0 saturated heterocycles. The average Bonchev–Trinajstić information content (AvgIpc) is 3.09. The summed E-state index contributed by atoms with van der Waals surface area (Å²) in [4.78, 5) is 2.12. The standard InChI is InChI=1S/C20H25NO2S2/c1-12-13(2)19-16(14(3)18(12)22)7-8-20(4,23-19)10-17(24)21-11-15-6-5-9-25-15/h5-6,9,22H,7-8,10-11H2,1-4H3,(H,21,24). The van der Waals surface area contributed by atoms with Crippen LogP contribution in [0.25, 0.3) is 0 Å². The smallest absolute Gasteiger partial charge is 0.127 e. The van der Waals surface area contributed by atoms with Crippen molar-refractivity contribution in [1.29, 1.82) is 0 Å². The van der Waals surface area contributed by atoms with E-state index in [1.807, 2.05) is 20.8 Å². The van der Waals surface area contributed by atoms with E-state index in [9.17, 15) is 5.11 Å². The molecule has 0 radical (unpaired) electrons. The van der Waals surface area contributed by atoms with E-state index in [0.717, 1.165) is 52.4 Å². The Hall–Kier alpha value is -1.59. The molecule has 0 amide bonds. The van der Waals surface area contributed by atoms with Crippen LogP contribution in [-0.4, -0.2) is 15.7 Å². The fourth-order valence-corrected chi connectivity index (χ4v) is 4.44. The van der Waals surface area contributed by atoms with Crippen LogP contribution < -0.4 is 10.1 Å². The van der Waals surface area contributed by atoms with E-state index in [-0.39, 0.29) is 5.60 Å². The molecule has 0 bridgehead atoms. The van der Waals surface area contributed by atoms with Gasteiger partial charge in [-0.15, -0.1) is 11.3 Å². The second kappa shape index (κ2) is 6.96. The highest BCUT2D eigenvalue weighted by atomic mass is 32.1. The van der Waals surface area contributed by atoms with Crippen molar-refractivity contribution in [2.45, 2.75) is 59.1 Å². The van der Waals surface area contributed by atoms with Crippen molar-refractivity contribution in [2.24, 2.45) is 0 Å². The summed E-state index contributed by atoms with van der Waals surface area (Å²) < 4.78 is 6.44. The Morgan fingerprint density at radius 1 is 1.32 bits per heavy atom. The molecule has 3 nitrogen and oxygen atoms in total. The van der Waals surface area contributed by atoms with Crippen LogP contribution in [0, 0.1) is 20.8 Å². The van der Waals surface area contributed by atoms with Crippen LogP contribution in [0.1, 0.15) is 46.9 Å². The first-order valence-corrected chi connectivity index (χ1v) is 9.89. The molecule has 0 aliphatic carbocycles. The third-order valence-electron chi connectivity index (χ3n) is 5.17. The number of phenols is 1. The molecule has 134 valence electrons. The number of nitrogens with one attached hydrogen (secondary N) is 1. The molecule has 0 fully saturated rings. The molecule has 1 aromatic heterocycles. The highest BCUT2D eigenvalue weighted by Crippen LogP contribution is 2.44. The van der Waals surface area contributed by atoms with E-state index in [1.54, 1.807) is 11.3 Å². The number of aromatic hydroxyl groups is 1. The van der Waals surface area contributed by atoms with Crippen molar-refractivity contribution >= 4 is 28.5 Å². The lowest BCUT2D eigenvalue weighted by Crippen LogP contribution is -2.41.